The number of hydrogen-bond acceptors (Lipinski definition) is 3. The number of benzene rings is 2. The van der Waals surface area contributed by atoms with E-state index in [4.69, 9.17) is 21.6 Å². The molecule has 3 rings (SSSR count). The maximum absolute atomic E-state index is 13.1. The molecule has 0 aliphatic carbocycles. The zero-order valence-corrected chi connectivity index (χ0v) is 18.1. The molecule has 0 atom stereocenters. The number of halogens is 1. The van der Waals surface area contributed by atoms with Crippen LogP contribution in [0, 0.1) is 11.3 Å². The predicted molar refractivity (Wildman–Crippen MR) is 117 cm³/mol. The van der Waals surface area contributed by atoms with Crippen LogP contribution in [0.15, 0.2) is 48.5 Å². The van der Waals surface area contributed by atoms with Gasteiger partial charge in [0.2, 0.25) is 0 Å². The summed E-state index contributed by atoms with van der Waals surface area (Å²) < 4.78 is 5.43. The lowest BCUT2D eigenvalue weighted by Crippen LogP contribution is -3.28. The summed E-state index contributed by atoms with van der Waals surface area (Å²) in [6.45, 7) is 5.67. The van der Waals surface area contributed by atoms with Gasteiger partial charge in [-0.25, -0.2) is 0 Å². The van der Waals surface area contributed by atoms with Crippen LogP contribution in [-0.2, 0) is 11.3 Å². The Morgan fingerprint density at radius 2 is 1.87 bits per heavy atom. The molecule has 1 amide bonds. The number of methoxy groups -OCH3 is 1. The summed E-state index contributed by atoms with van der Waals surface area (Å²) in [6, 6.07) is 17.6. The lowest BCUT2D eigenvalue weighted by molar-refractivity contribution is -1.02. The highest BCUT2D eigenvalue weighted by Gasteiger charge is 2.28. The van der Waals surface area contributed by atoms with E-state index in [0.717, 1.165) is 43.4 Å². The minimum atomic E-state index is 0.0306. The third-order valence-electron chi connectivity index (χ3n) is 5.53. The number of ether oxygens (including phenoxy) is 1. The summed E-state index contributed by atoms with van der Waals surface area (Å²) in [4.78, 5) is 17.6. The van der Waals surface area contributed by atoms with Crippen molar-refractivity contribution in [2.24, 2.45) is 0 Å². The van der Waals surface area contributed by atoms with Gasteiger partial charge in [-0.05, 0) is 24.3 Å². The van der Waals surface area contributed by atoms with Gasteiger partial charge >= 0.3 is 0 Å². The van der Waals surface area contributed by atoms with Crippen molar-refractivity contribution in [3.8, 4) is 11.8 Å². The van der Waals surface area contributed by atoms with Crippen molar-refractivity contribution >= 4 is 23.2 Å². The predicted octanol–water partition coefficient (Wildman–Crippen LogP) is 0.579. The number of para-hydroxylation sites is 2. The number of rotatable bonds is 8. The van der Waals surface area contributed by atoms with Crippen LogP contribution in [0.25, 0.3) is 0 Å². The van der Waals surface area contributed by atoms with Gasteiger partial charge in [0.15, 0.2) is 6.54 Å². The summed E-state index contributed by atoms with van der Waals surface area (Å²) in [7, 11) is 1.60. The van der Waals surface area contributed by atoms with Crippen LogP contribution in [0.5, 0.6) is 5.75 Å². The van der Waals surface area contributed by atoms with Crippen LogP contribution in [-0.4, -0.2) is 52.3 Å². The van der Waals surface area contributed by atoms with Crippen molar-refractivity contribution in [2.75, 3.05) is 51.3 Å². The van der Waals surface area contributed by atoms with Crippen LogP contribution in [0.1, 0.15) is 12.0 Å². The van der Waals surface area contributed by atoms with Gasteiger partial charge in [-0.15, -0.1) is 0 Å². The summed E-state index contributed by atoms with van der Waals surface area (Å²) in [5, 5.41) is 9.80. The van der Waals surface area contributed by atoms with E-state index >= 15 is 0 Å². The molecule has 1 heterocycles. The van der Waals surface area contributed by atoms with Crippen molar-refractivity contribution in [3.05, 3.63) is 59.1 Å². The van der Waals surface area contributed by atoms with Crippen molar-refractivity contribution in [3.63, 3.8) is 0 Å². The van der Waals surface area contributed by atoms with E-state index in [1.165, 1.54) is 15.4 Å². The number of hydrogen-bond donors (Lipinski definition) is 2. The molecule has 30 heavy (non-hydrogen) atoms. The van der Waals surface area contributed by atoms with Gasteiger partial charge in [0.25, 0.3) is 5.91 Å². The lowest BCUT2D eigenvalue weighted by atomic mass is 10.2. The average Bonchev–Trinajstić information content (AvgIpc) is 2.76. The van der Waals surface area contributed by atoms with Gasteiger partial charge < -0.3 is 19.4 Å². The number of nitriles is 1. The largest absolute Gasteiger partial charge is 0.495 e. The number of anilines is 1. The van der Waals surface area contributed by atoms with Gasteiger partial charge in [0.05, 0.1) is 25.3 Å². The molecule has 1 fully saturated rings. The van der Waals surface area contributed by atoms with E-state index in [1.54, 1.807) is 12.0 Å². The highest BCUT2D eigenvalue weighted by atomic mass is 35.5. The van der Waals surface area contributed by atoms with Gasteiger partial charge in [-0.1, -0.05) is 35.9 Å². The maximum Gasteiger partial charge on any atom is 0.282 e. The Morgan fingerprint density at radius 3 is 2.57 bits per heavy atom. The minimum Gasteiger partial charge on any atom is -0.495 e. The highest BCUT2D eigenvalue weighted by molar-refractivity contribution is 6.30. The molecule has 2 aromatic carbocycles. The summed E-state index contributed by atoms with van der Waals surface area (Å²) in [5.41, 5.74) is 1.97. The first-order valence-corrected chi connectivity index (χ1v) is 10.7. The Bertz CT molecular complexity index is 891. The molecule has 0 aromatic heterocycles. The van der Waals surface area contributed by atoms with E-state index in [1.807, 2.05) is 42.5 Å². The normalized spacial score (nSPS) is 18.4. The molecule has 1 aliphatic heterocycles. The molecule has 1 aliphatic rings. The molecule has 0 spiro atoms. The van der Waals surface area contributed by atoms with Gasteiger partial charge in [0.1, 0.15) is 38.5 Å². The van der Waals surface area contributed by atoms with Crippen LogP contribution >= 0.6 is 11.6 Å². The first kappa shape index (κ1) is 22.1. The number of nitrogens with zero attached hydrogens (tertiary/aromatic N) is 2. The van der Waals surface area contributed by atoms with E-state index in [9.17, 15) is 4.79 Å². The van der Waals surface area contributed by atoms with Gasteiger partial charge in [0, 0.05) is 17.1 Å². The molecule has 6 nitrogen and oxygen atoms in total. The third kappa shape index (κ3) is 5.96. The summed E-state index contributed by atoms with van der Waals surface area (Å²) in [5.74, 6) is 0.678. The standard InChI is InChI=1S/C23H27ClN4O2/c1-30-22-9-3-2-8-21(22)28(11-5-10-25)23(29)18-27-14-12-26(13-15-27)17-19-6-4-7-20(24)16-19/h2-4,6-9,16H,5,11-15,17-18H2,1H3/p+2. The number of piperazine rings is 1. The molecule has 2 N–H and O–H groups in total. The van der Waals surface area contributed by atoms with Crippen molar-refractivity contribution < 1.29 is 19.3 Å². The second-order valence-corrected chi connectivity index (χ2v) is 8.05. The Morgan fingerprint density at radius 1 is 1.13 bits per heavy atom. The van der Waals surface area contributed by atoms with E-state index < -0.39 is 0 Å². The average molecular weight is 429 g/mol. The third-order valence-corrected chi connectivity index (χ3v) is 5.77. The van der Waals surface area contributed by atoms with E-state index in [2.05, 4.69) is 12.1 Å². The summed E-state index contributed by atoms with van der Waals surface area (Å²) in [6.07, 6.45) is 0.288. The van der Waals surface area contributed by atoms with Gasteiger partial charge in [-0.3, -0.25) is 4.79 Å². The molecule has 2 aromatic rings. The zero-order chi connectivity index (χ0) is 21.3. The SMILES string of the molecule is COc1ccccc1N(CCC#N)C(=O)C[NH+]1CC[NH+](Cc2cccc(Cl)c2)CC1. The zero-order valence-electron chi connectivity index (χ0n) is 17.4. The Kier molecular flexibility index (Phi) is 8.09. The molecule has 0 radical (unpaired) electrons. The quantitative estimate of drug-likeness (QED) is 0.646. The minimum absolute atomic E-state index is 0.0306. The van der Waals surface area contributed by atoms with Crippen LogP contribution in [0.2, 0.25) is 5.02 Å². The fourth-order valence-corrected chi connectivity index (χ4v) is 4.16. The molecule has 0 bridgehead atoms. The fraction of sp³-hybridized carbons (Fsp3) is 0.391. The summed E-state index contributed by atoms with van der Waals surface area (Å²) >= 11 is 6.10. The molecular weight excluding hydrogens is 400 g/mol. The first-order chi connectivity index (χ1) is 14.6. The Balaban J connectivity index is 1.58. The second kappa shape index (κ2) is 11.0. The molecule has 0 saturated carbocycles. The van der Waals surface area contributed by atoms with Crippen LogP contribution < -0.4 is 19.4 Å². The van der Waals surface area contributed by atoms with Crippen molar-refractivity contribution in [2.45, 2.75) is 13.0 Å². The molecular formula is C23H29ClN4O2+2. The highest BCUT2D eigenvalue weighted by Crippen LogP contribution is 2.27. The van der Waals surface area contributed by atoms with Crippen LogP contribution in [0.4, 0.5) is 5.69 Å². The molecule has 0 unspecified atom stereocenters. The Hall–Kier alpha value is -2.59. The molecule has 1 saturated heterocycles. The number of amides is 1. The number of carbonyl (C=O) groups excluding carboxylic acids is 1. The molecule has 158 valence electrons. The number of quaternary nitrogens is 2. The molecule has 7 heteroatoms. The number of carbonyl (C=O) groups is 1. The van der Waals surface area contributed by atoms with Gasteiger partial charge in [-0.2, -0.15) is 5.26 Å². The lowest BCUT2D eigenvalue weighted by Gasteiger charge is -2.31. The maximum atomic E-state index is 13.1. The van der Waals surface area contributed by atoms with Crippen molar-refractivity contribution in [1.82, 2.24) is 0 Å². The second-order valence-electron chi connectivity index (χ2n) is 7.61. The van der Waals surface area contributed by atoms with E-state index in [-0.39, 0.29) is 12.3 Å². The number of nitrogens with one attached hydrogen (secondary N) is 2. The Labute approximate surface area is 183 Å². The first-order valence-electron chi connectivity index (χ1n) is 10.3. The smallest absolute Gasteiger partial charge is 0.282 e. The van der Waals surface area contributed by atoms with Crippen LogP contribution in [0.3, 0.4) is 0 Å². The monoisotopic (exact) mass is 428 g/mol. The fourth-order valence-electron chi connectivity index (χ4n) is 3.95. The topological polar surface area (TPSA) is 62.2 Å². The van der Waals surface area contributed by atoms with Crippen molar-refractivity contribution in [1.29, 1.82) is 5.26 Å². The van der Waals surface area contributed by atoms with E-state index in [0.29, 0.717) is 18.8 Å².